The quantitative estimate of drug-likeness (QED) is 0.526. The van der Waals surface area contributed by atoms with Gasteiger partial charge in [-0.3, -0.25) is 9.69 Å². The highest BCUT2D eigenvalue weighted by Crippen LogP contribution is 2.17. The maximum absolute atomic E-state index is 13.0. The third kappa shape index (κ3) is 5.80. The molecule has 2 aromatic carbocycles. The third-order valence-corrected chi connectivity index (χ3v) is 6.41. The first-order valence-corrected chi connectivity index (χ1v) is 12.1. The number of hydrogen-bond acceptors (Lipinski definition) is 5. The molecule has 180 valence electrons. The number of nitrogens with one attached hydrogen (secondary N) is 1. The van der Waals surface area contributed by atoms with Crippen molar-refractivity contribution in [3.05, 3.63) is 77.1 Å². The molecule has 7 nitrogen and oxygen atoms in total. The molecule has 34 heavy (non-hydrogen) atoms. The molecule has 0 fully saturated rings. The summed E-state index contributed by atoms with van der Waals surface area (Å²) < 4.78 is 15.2. The summed E-state index contributed by atoms with van der Waals surface area (Å²) in [4.78, 5) is 17.1. The Balaban J connectivity index is 1.29. The van der Waals surface area contributed by atoms with Gasteiger partial charge in [-0.15, -0.1) is 10.2 Å². The van der Waals surface area contributed by atoms with Crippen LogP contribution in [0.15, 0.2) is 48.5 Å². The minimum absolute atomic E-state index is 0.214. The van der Waals surface area contributed by atoms with Crippen LogP contribution in [0.25, 0.3) is 0 Å². The number of hydrogen-bond donors (Lipinski definition) is 1. The lowest BCUT2D eigenvalue weighted by Gasteiger charge is -2.23. The standard InChI is InChI=1S/C26H33FN6O/c1-3-32(4-2)23-11-5-20(6-12-23)19-31-16-14-25-30-29-24(33(25)18-17-31)13-15-28-26(34)21-7-9-22(27)10-8-21/h5-12H,3-4,13-19H2,1-2H3,(H,28,34). The van der Waals surface area contributed by atoms with Gasteiger partial charge < -0.3 is 14.8 Å². The second-order valence-corrected chi connectivity index (χ2v) is 8.56. The van der Waals surface area contributed by atoms with Gasteiger partial charge in [-0.2, -0.15) is 0 Å². The molecule has 0 radical (unpaired) electrons. The van der Waals surface area contributed by atoms with E-state index in [1.54, 1.807) is 0 Å². The highest BCUT2D eigenvalue weighted by atomic mass is 19.1. The molecule has 0 bridgehead atoms. The number of benzene rings is 2. The summed E-state index contributed by atoms with van der Waals surface area (Å²) >= 11 is 0. The third-order valence-electron chi connectivity index (χ3n) is 6.41. The van der Waals surface area contributed by atoms with E-state index in [-0.39, 0.29) is 11.7 Å². The Morgan fingerprint density at radius 1 is 1.00 bits per heavy atom. The van der Waals surface area contributed by atoms with Gasteiger partial charge >= 0.3 is 0 Å². The van der Waals surface area contributed by atoms with Crippen LogP contribution < -0.4 is 10.2 Å². The van der Waals surface area contributed by atoms with Crippen molar-refractivity contribution in [3.63, 3.8) is 0 Å². The lowest BCUT2D eigenvalue weighted by molar-refractivity contribution is 0.0954. The fraction of sp³-hybridized carbons (Fsp3) is 0.423. The van der Waals surface area contributed by atoms with Gasteiger partial charge in [0.15, 0.2) is 0 Å². The molecule has 0 aliphatic carbocycles. The molecular weight excluding hydrogens is 431 g/mol. The number of fused-ring (bicyclic) bond motifs is 1. The van der Waals surface area contributed by atoms with Crippen LogP contribution in [0.3, 0.4) is 0 Å². The smallest absolute Gasteiger partial charge is 0.251 e. The topological polar surface area (TPSA) is 66.3 Å². The number of halogens is 1. The van der Waals surface area contributed by atoms with E-state index in [0.29, 0.717) is 18.5 Å². The fourth-order valence-corrected chi connectivity index (χ4v) is 4.42. The SMILES string of the molecule is CCN(CC)c1ccc(CN2CCc3nnc(CCNC(=O)c4ccc(F)cc4)n3CC2)cc1. The van der Waals surface area contributed by atoms with Gasteiger partial charge in [-0.1, -0.05) is 12.1 Å². The van der Waals surface area contributed by atoms with Crippen LogP contribution in [-0.4, -0.2) is 58.3 Å². The van der Waals surface area contributed by atoms with Crippen molar-refractivity contribution in [1.29, 1.82) is 0 Å². The molecule has 2 heterocycles. The summed E-state index contributed by atoms with van der Waals surface area (Å²) in [7, 11) is 0. The molecule has 0 atom stereocenters. The van der Waals surface area contributed by atoms with E-state index in [4.69, 9.17) is 0 Å². The number of carbonyl (C=O) groups excluding carboxylic acids is 1. The number of aromatic nitrogens is 3. The molecule has 0 spiro atoms. The minimum Gasteiger partial charge on any atom is -0.372 e. The van der Waals surface area contributed by atoms with E-state index >= 15 is 0 Å². The Labute approximate surface area is 200 Å². The van der Waals surface area contributed by atoms with E-state index in [2.05, 4.69) is 68.0 Å². The van der Waals surface area contributed by atoms with E-state index < -0.39 is 0 Å². The summed E-state index contributed by atoms with van der Waals surface area (Å²) in [6.45, 7) is 10.5. The van der Waals surface area contributed by atoms with Crippen LogP contribution in [0, 0.1) is 5.82 Å². The molecule has 1 amide bonds. The van der Waals surface area contributed by atoms with Crippen LogP contribution in [0.1, 0.15) is 41.4 Å². The molecule has 1 aromatic heterocycles. The first-order chi connectivity index (χ1) is 16.6. The summed E-state index contributed by atoms with van der Waals surface area (Å²) in [6.07, 6.45) is 1.46. The van der Waals surface area contributed by atoms with E-state index in [0.717, 1.165) is 57.3 Å². The normalized spacial score (nSPS) is 13.9. The molecule has 8 heteroatoms. The van der Waals surface area contributed by atoms with Crippen LogP contribution in [0.4, 0.5) is 10.1 Å². The number of anilines is 1. The van der Waals surface area contributed by atoms with E-state index in [1.165, 1.54) is 35.5 Å². The van der Waals surface area contributed by atoms with Gasteiger partial charge in [0.1, 0.15) is 17.5 Å². The van der Waals surface area contributed by atoms with Crippen molar-refractivity contribution in [2.75, 3.05) is 37.6 Å². The van der Waals surface area contributed by atoms with E-state index in [1.807, 2.05) is 0 Å². The van der Waals surface area contributed by atoms with Crippen LogP contribution >= 0.6 is 0 Å². The Morgan fingerprint density at radius 3 is 2.44 bits per heavy atom. The van der Waals surface area contributed by atoms with Crippen molar-refractivity contribution in [3.8, 4) is 0 Å². The lowest BCUT2D eigenvalue weighted by Crippen LogP contribution is -2.28. The highest BCUT2D eigenvalue weighted by molar-refractivity contribution is 5.94. The molecular formula is C26H33FN6O. The van der Waals surface area contributed by atoms with Crippen molar-refractivity contribution in [2.45, 2.75) is 39.8 Å². The number of rotatable bonds is 9. The maximum atomic E-state index is 13.0. The molecule has 3 aromatic rings. The monoisotopic (exact) mass is 464 g/mol. The van der Waals surface area contributed by atoms with Crippen molar-refractivity contribution in [1.82, 2.24) is 25.0 Å². The van der Waals surface area contributed by atoms with Gasteiger partial charge in [0.25, 0.3) is 5.91 Å². The minimum atomic E-state index is -0.353. The Hall–Kier alpha value is -3.26. The van der Waals surface area contributed by atoms with Crippen molar-refractivity contribution < 1.29 is 9.18 Å². The van der Waals surface area contributed by atoms with Crippen molar-refractivity contribution >= 4 is 11.6 Å². The average molecular weight is 465 g/mol. The van der Waals surface area contributed by atoms with Gasteiger partial charge in [0, 0.05) is 69.9 Å². The Morgan fingerprint density at radius 2 is 1.74 bits per heavy atom. The van der Waals surface area contributed by atoms with Gasteiger partial charge in [-0.25, -0.2) is 4.39 Å². The Bertz CT molecular complexity index is 1080. The predicted molar refractivity (Wildman–Crippen MR) is 131 cm³/mol. The molecule has 0 saturated heterocycles. The van der Waals surface area contributed by atoms with Crippen LogP contribution in [0.2, 0.25) is 0 Å². The zero-order chi connectivity index (χ0) is 23.9. The van der Waals surface area contributed by atoms with Gasteiger partial charge in [-0.05, 0) is 55.8 Å². The maximum Gasteiger partial charge on any atom is 0.251 e. The largest absolute Gasteiger partial charge is 0.372 e. The molecule has 1 N–H and O–H groups in total. The summed E-state index contributed by atoms with van der Waals surface area (Å²) in [5, 5.41) is 11.6. The highest BCUT2D eigenvalue weighted by Gasteiger charge is 2.19. The number of nitrogens with zero attached hydrogens (tertiary/aromatic N) is 5. The Kier molecular flexibility index (Phi) is 7.90. The molecule has 1 aliphatic heterocycles. The fourth-order valence-electron chi connectivity index (χ4n) is 4.42. The summed E-state index contributed by atoms with van der Waals surface area (Å²) in [5.41, 5.74) is 3.03. The van der Waals surface area contributed by atoms with Crippen LogP contribution in [0.5, 0.6) is 0 Å². The predicted octanol–water partition coefficient (Wildman–Crippen LogP) is 3.29. The lowest BCUT2D eigenvalue weighted by atomic mass is 10.1. The molecule has 4 rings (SSSR count). The average Bonchev–Trinajstić information content (AvgIpc) is 3.13. The number of amides is 1. The summed E-state index contributed by atoms with van der Waals surface area (Å²) in [6, 6.07) is 14.4. The zero-order valence-electron chi connectivity index (χ0n) is 20.0. The molecule has 0 unspecified atom stereocenters. The van der Waals surface area contributed by atoms with Gasteiger partial charge in [0.2, 0.25) is 0 Å². The summed E-state index contributed by atoms with van der Waals surface area (Å²) in [5.74, 6) is 1.32. The first-order valence-electron chi connectivity index (χ1n) is 12.1. The number of carbonyl (C=O) groups is 1. The first kappa shape index (κ1) is 23.9. The van der Waals surface area contributed by atoms with Gasteiger partial charge in [0.05, 0.1) is 0 Å². The second-order valence-electron chi connectivity index (χ2n) is 8.56. The molecule has 0 saturated carbocycles. The van der Waals surface area contributed by atoms with Crippen molar-refractivity contribution in [2.24, 2.45) is 0 Å². The van der Waals surface area contributed by atoms with E-state index in [9.17, 15) is 9.18 Å². The molecule has 1 aliphatic rings. The zero-order valence-corrected chi connectivity index (χ0v) is 20.0. The van der Waals surface area contributed by atoms with Crippen LogP contribution in [-0.2, 0) is 25.9 Å². The second kappa shape index (κ2) is 11.2.